The predicted molar refractivity (Wildman–Crippen MR) is 160 cm³/mol. The van der Waals surface area contributed by atoms with E-state index in [2.05, 4.69) is 4.98 Å². The first-order chi connectivity index (χ1) is 20.3. The van der Waals surface area contributed by atoms with Crippen molar-refractivity contribution in [1.29, 1.82) is 0 Å². The maximum Gasteiger partial charge on any atom is 0.329 e. The fraction of sp³-hybridized carbons (Fsp3) is 0.464. The number of aromatic nitrogens is 4. The fourth-order valence-electron chi connectivity index (χ4n) is 5.83. The van der Waals surface area contributed by atoms with Gasteiger partial charge in [0.25, 0.3) is 5.91 Å². The number of likely N-dealkylation sites (tertiary alicyclic amines) is 1. The Hall–Kier alpha value is -3.43. The number of fused-ring (bicyclic) bond motifs is 2. The number of aryl methyl sites for hydroxylation is 1. The first-order valence-electron chi connectivity index (χ1n) is 14.0. The predicted octanol–water partition coefficient (Wildman–Crippen LogP) is 3.36. The van der Waals surface area contributed by atoms with Crippen molar-refractivity contribution in [2.75, 3.05) is 29.9 Å². The molecular weight excluding hydrogens is 600 g/mol. The Morgan fingerprint density at radius 2 is 1.93 bits per heavy atom. The van der Waals surface area contributed by atoms with Crippen LogP contribution in [0.5, 0.6) is 0 Å². The molecule has 2 aliphatic rings. The summed E-state index contributed by atoms with van der Waals surface area (Å²) >= 11 is 0. The second-order valence-corrected chi connectivity index (χ2v) is 14.6. The van der Waals surface area contributed by atoms with Gasteiger partial charge in [-0.1, -0.05) is 0 Å². The molecular formula is C28H33F2N7O4S2. The molecule has 4 aromatic heterocycles. The Labute approximate surface area is 250 Å². The van der Waals surface area contributed by atoms with E-state index in [1.54, 1.807) is 33.8 Å². The fourth-order valence-corrected chi connectivity index (χ4v) is 7.34. The number of carbonyl (C=O) groups is 1. The van der Waals surface area contributed by atoms with E-state index in [1.807, 2.05) is 17.6 Å². The summed E-state index contributed by atoms with van der Waals surface area (Å²) in [5.74, 6) is -0.208. The normalized spacial score (nSPS) is 18.6. The molecule has 15 heteroatoms. The number of nitrogens with zero attached hydrogens (tertiary/aromatic N) is 6. The molecule has 0 bridgehead atoms. The van der Waals surface area contributed by atoms with Crippen LogP contribution in [0.2, 0.25) is 0 Å². The number of piperidine rings is 1. The quantitative estimate of drug-likeness (QED) is 0.294. The van der Waals surface area contributed by atoms with Crippen molar-refractivity contribution in [1.82, 2.24) is 23.8 Å². The number of hydrogen-bond donors (Lipinski definition) is 1. The van der Waals surface area contributed by atoms with Crippen molar-refractivity contribution in [3.8, 4) is 11.4 Å². The van der Waals surface area contributed by atoms with Crippen molar-refractivity contribution in [2.24, 2.45) is 11.7 Å². The summed E-state index contributed by atoms with van der Waals surface area (Å²) in [4.78, 5) is 24.5. The van der Waals surface area contributed by atoms with Gasteiger partial charge in [0.05, 0.1) is 28.4 Å². The summed E-state index contributed by atoms with van der Waals surface area (Å²) < 4.78 is 68.5. The van der Waals surface area contributed by atoms with Gasteiger partial charge in [-0.3, -0.25) is 13.4 Å². The number of nitrogens with two attached hydrogens (primary N) is 1. The van der Waals surface area contributed by atoms with Gasteiger partial charge in [-0.25, -0.2) is 18.4 Å². The Morgan fingerprint density at radius 1 is 1.19 bits per heavy atom. The highest BCUT2D eigenvalue weighted by Gasteiger charge is 2.31. The minimum Gasteiger partial charge on any atom is -0.337 e. The summed E-state index contributed by atoms with van der Waals surface area (Å²) in [6.45, 7) is 0.141. The lowest BCUT2D eigenvalue weighted by Gasteiger charge is -2.30. The molecule has 1 saturated heterocycles. The van der Waals surface area contributed by atoms with E-state index in [-0.39, 0.29) is 22.1 Å². The third kappa shape index (κ3) is 5.53. The van der Waals surface area contributed by atoms with Gasteiger partial charge < -0.3 is 15.2 Å². The number of sulfonamides is 1. The molecule has 11 nitrogen and oxygen atoms in total. The van der Waals surface area contributed by atoms with Crippen molar-refractivity contribution >= 4 is 49.2 Å². The Kier molecular flexibility index (Phi) is 7.53. The molecule has 0 spiro atoms. The summed E-state index contributed by atoms with van der Waals surface area (Å²) in [5.41, 5.74) is 9.20. The average molecular weight is 634 g/mol. The van der Waals surface area contributed by atoms with Crippen molar-refractivity contribution in [3.05, 3.63) is 41.6 Å². The van der Waals surface area contributed by atoms with E-state index in [0.29, 0.717) is 76.2 Å². The summed E-state index contributed by atoms with van der Waals surface area (Å²) in [6.07, 6.45) is 5.93. The number of carbonyl (C=O) groups excluding carboxylic acids is 1. The average Bonchev–Trinajstić information content (AvgIpc) is 3.61. The molecule has 1 unspecified atom stereocenters. The van der Waals surface area contributed by atoms with Crippen LogP contribution in [0.1, 0.15) is 41.7 Å². The lowest BCUT2D eigenvalue weighted by Crippen LogP contribution is -2.45. The molecule has 0 radical (unpaired) electrons. The maximum atomic E-state index is 13.8. The molecule has 43 heavy (non-hydrogen) atoms. The molecule has 1 aliphatic heterocycles. The van der Waals surface area contributed by atoms with Gasteiger partial charge in [-0.15, -0.1) is 0 Å². The lowest BCUT2D eigenvalue weighted by atomic mass is 10.1. The SMILES string of the molecule is Cc1c(-c2cc3ccc(N(C(F)F)S(C)(=O)=O)nc3n2CC2CC2)nc2cc(C(=O)N3CCC[C@@H](N)C3)cc(S(C)=O)n12. The molecule has 2 atom stereocenters. The lowest BCUT2D eigenvalue weighted by molar-refractivity contribution is 0.0708. The first kappa shape index (κ1) is 29.6. The number of rotatable bonds is 8. The number of hydrogen-bond acceptors (Lipinski definition) is 7. The summed E-state index contributed by atoms with van der Waals surface area (Å²) in [6, 6.07) is 7.92. The highest BCUT2D eigenvalue weighted by molar-refractivity contribution is 7.92. The third-order valence-corrected chi connectivity index (χ3v) is 10.0. The zero-order valence-electron chi connectivity index (χ0n) is 24.0. The van der Waals surface area contributed by atoms with E-state index in [4.69, 9.17) is 10.7 Å². The van der Waals surface area contributed by atoms with Gasteiger partial charge in [0.15, 0.2) is 0 Å². The van der Waals surface area contributed by atoms with E-state index in [9.17, 15) is 26.2 Å². The number of pyridine rings is 2. The number of anilines is 1. The van der Waals surface area contributed by atoms with E-state index in [0.717, 1.165) is 25.7 Å². The molecule has 1 amide bonds. The second-order valence-electron chi connectivity index (χ2n) is 11.4. The van der Waals surface area contributed by atoms with Crippen LogP contribution < -0.4 is 10.0 Å². The zero-order valence-corrected chi connectivity index (χ0v) is 25.7. The van der Waals surface area contributed by atoms with Gasteiger partial charge in [-0.2, -0.15) is 13.1 Å². The van der Waals surface area contributed by atoms with Crippen LogP contribution in [-0.2, 0) is 27.4 Å². The Bertz CT molecular complexity index is 1880. The van der Waals surface area contributed by atoms with Crippen molar-refractivity contribution in [2.45, 2.75) is 56.8 Å². The van der Waals surface area contributed by atoms with Gasteiger partial charge in [0.1, 0.15) is 27.8 Å². The molecule has 2 fully saturated rings. The molecule has 6 rings (SSSR count). The monoisotopic (exact) mass is 633 g/mol. The molecule has 4 aromatic rings. The summed E-state index contributed by atoms with van der Waals surface area (Å²) in [5, 5.41) is 1.06. The molecule has 0 aromatic carbocycles. The number of halogens is 2. The standard InChI is InChI=1S/C28H33F2N7O4S2/c1-16-25(32-23-12-19(13-24(36(16)23)42(2)39)27(38)34-10-4-5-20(31)15-34)21-11-18-8-9-22(37(28(29)30)43(3,40)41)33-26(18)35(21)14-17-6-7-17/h8-9,11-13,17,20,28H,4-7,10,14-15,31H2,1-3H3/t20-,42?/m1/s1. The van der Waals surface area contributed by atoms with E-state index >= 15 is 0 Å². The van der Waals surface area contributed by atoms with Crippen LogP contribution >= 0.6 is 0 Å². The summed E-state index contributed by atoms with van der Waals surface area (Å²) in [7, 11) is -5.75. The van der Waals surface area contributed by atoms with Crippen LogP contribution in [0.25, 0.3) is 28.1 Å². The van der Waals surface area contributed by atoms with Crippen LogP contribution in [0.15, 0.2) is 35.4 Å². The second kappa shape index (κ2) is 10.9. The largest absolute Gasteiger partial charge is 0.337 e. The van der Waals surface area contributed by atoms with E-state index in [1.165, 1.54) is 6.07 Å². The molecule has 1 saturated carbocycles. The van der Waals surface area contributed by atoms with Crippen molar-refractivity contribution < 1.29 is 26.2 Å². The Morgan fingerprint density at radius 3 is 2.56 bits per heavy atom. The molecule has 1 aliphatic carbocycles. The highest BCUT2D eigenvalue weighted by Crippen LogP contribution is 2.37. The van der Waals surface area contributed by atoms with Crippen LogP contribution in [0, 0.1) is 12.8 Å². The van der Waals surface area contributed by atoms with Crippen LogP contribution in [0.4, 0.5) is 14.6 Å². The Balaban J connectivity index is 1.51. The van der Waals surface area contributed by atoms with Gasteiger partial charge >= 0.3 is 6.55 Å². The molecule has 230 valence electrons. The van der Waals surface area contributed by atoms with E-state index < -0.39 is 27.4 Å². The van der Waals surface area contributed by atoms with Gasteiger partial charge in [-0.05, 0) is 68.9 Å². The highest BCUT2D eigenvalue weighted by atomic mass is 32.2. The topological polar surface area (TPSA) is 136 Å². The molecule has 2 N–H and O–H groups in total. The number of amides is 1. The van der Waals surface area contributed by atoms with Gasteiger partial charge in [0, 0.05) is 42.9 Å². The minimum absolute atomic E-state index is 0.00728. The third-order valence-electron chi connectivity index (χ3n) is 8.07. The van der Waals surface area contributed by atoms with Crippen LogP contribution in [0.3, 0.4) is 0 Å². The minimum atomic E-state index is -4.29. The zero-order chi connectivity index (χ0) is 30.8. The van der Waals surface area contributed by atoms with Crippen molar-refractivity contribution in [3.63, 3.8) is 0 Å². The van der Waals surface area contributed by atoms with Crippen LogP contribution in [-0.4, -0.2) is 80.6 Å². The maximum absolute atomic E-state index is 13.8. The number of alkyl halides is 2. The molecule has 5 heterocycles. The van der Waals surface area contributed by atoms with Gasteiger partial charge in [0.2, 0.25) is 10.0 Å². The smallest absolute Gasteiger partial charge is 0.329 e. The first-order valence-corrected chi connectivity index (χ1v) is 17.4. The number of imidazole rings is 1.